The van der Waals surface area contributed by atoms with Gasteiger partial charge in [0.25, 0.3) is 0 Å². The first kappa shape index (κ1) is 12.8. The van der Waals surface area contributed by atoms with Gasteiger partial charge in [-0.15, -0.1) is 0 Å². The lowest BCUT2D eigenvalue weighted by Gasteiger charge is -2.19. The minimum Gasteiger partial charge on any atom is -0.383 e. The average molecular weight is 234 g/mol. The second-order valence-electron chi connectivity index (χ2n) is 3.64. The molecule has 90 valence electrons. The van der Waals surface area contributed by atoms with Gasteiger partial charge in [-0.2, -0.15) is 13.2 Å². The SMILES string of the molecule is CN(C)c1ncccc1CC(O)C(F)(F)F. The first-order valence-electron chi connectivity index (χ1n) is 4.68. The van der Waals surface area contributed by atoms with Crippen LogP contribution in [0.4, 0.5) is 19.0 Å². The summed E-state index contributed by atoms with van der Waals surface area (Å²) in [6.45, 7) is 0. The predicted octanol–water partition coefficient (Wildman–Crippen LogP) is 1.61. The minimum absolute atomic E-state index is 0.373. The van der Waals surface area contributed by atoms with Crippen LogP contribution in [0.15, 0.2) is 18.3 Å². The van der Waals surface area contributed by atoms with E-state index >= 15 is 0 Å². The van der Waals surface area contributed by atoms with Gasteiger partial charge in [0.15, 0.2) is 6.10 Å². The normalized spacial score (nSPS) is 13.6. The summed E-state index contributed by atoms with van der Waals surface area (Å²) in [5.74, 6) is 0.436. The van der Waals surface area contributed by atoms with Crippen molar-refractivity contribution in [2.24, 2.45) is 0 Å². The van der Waals surface area contributed by atoms with Crippen molar-refractivity contribution in [2.75, 3.05) is 19.0 Å². The Morgan fingerprint density at radius 1 is 1.44 bits per heavy atom. The van der Waals surface area contributed by atoms with E-state index < -0.39 is 18.7 Å². The van der Waals surface area contributed by atoms with E-state index in [2.05, 4.69) is 4.98 Å². The molecule has 0 aliphatic rings. The van der Waals surface area contributed by atoms with Crippen LogP contribution in [0.5, 0.6) is 0 Å². The van der Waals surface area contributed by atoms with Crippen molar-refractivity contribution < 1.29 is 18.3 Å². The molecule has 0 saturated carbocycles. The molecule has 0 aliphatic carbocycles. The van der Waals surface area contributed by atoms with Gasteiger partial charge in [0, 0.05) is 26.7 Å². The third-order valence-corrected chi connectivity index (χ3v) is 2.08. The lowest BCUT2D eigenvalue weighted by molar-refractivity contribution is -0.203. The van der Waals surface area contributed by atoms with Crippen LogP contribution in [0.2, 0.25) is 0 Å². The smallest absolute Gasteiger partial charge is 0.383 e. The van der Waals surface area contributed by atoms with Crippen molar-refractivity contribution in [1.82, 2.24) is 4.98 Å². The summed E-state index contributed by atoms with van der Waals surface area (Å²) >= 11 is 0. The Balaban J connectivity index is 2.89. The number of pyridine rings is 1. The fourth-order valence-corrected chi connectivity index (χ4v) is 1.32. The molecule has 1 unspecified atom stereocenters. The van der Waals surface area contributed by atoms with E-state index in [1.54, 1.807) is 25.1 Å². The molecule has 16 heavy (non-hydrogen) atoms. The molecule has 0 fully saturated rings. The molecule has 6 heteroatoms. The average Bonchev–Trinajstić information content (AvgIpc) is 2.16. The number of aromatic nitrogens is 1. The lowest BCUT2D eigenvalue weighted by atomic mass is 10.1. The third kappa shape index (κ3) is 3.10. The van der Waals surface area contributed by atoms with Gasteiger partial charge in [0.1, 0.15) is 5.82 Å². The molecule has 3 nitrogen and oxygen atoms in total. The van der Waals surface area contributed by atoms with Gasteiger partial charge >= 0.3 is 6.18 Å². The number of aliphatic hydroxyl groups excluding tert-OH is 1. The van der Waals surface area contributed by atoms with Gasteiger partial charge in [0.2, 0.25) is 0 Å². The molecular weight excluding hydrogens is 221 g/mol. The predicted molar refractivity (Wildman–Crippen MR) is 54.3 cm³/mol. The van der Waals surface area contributed by atoms with Crippen LogP contribution in [0, 0.1) is 0 Å². The lowest BCUT2D eigenvalue weighted by Crippen LogP contribution is -2.31. The van der Waals surface area contributed by atoms with Crippen molar-refractivity contribution in [3.63, 3.8) is 0 Å². The van der Waals surface area contributed by atoms with E-state index in [1.807, 2.05) is 0 Å². The highest BCUT2D eigenvalue weighted by Gasteiger charge is 2.38. The van der Waals surface area contributed by atoms with Crippen LogP contribution in [-0.4, -0.2) is 36.5 Å². The highest BCUT2D eigenvalue weighted by atomic mass is 19.4. The summed E-state index contributed by atoms with van der Waals surface area (Å²) in [5, 5.41) is 8.97. The maximum absolute atomic E-state index is 12.2. The molecule has 0 saturated heterocycles. The number of hydrogen-bond acceptors (Lipinski definition) is 3. The van der Waals surface area contributed by atoms with E-state index in [4.69, 9.17) is 5.11 Å². The number of alkyl halides is 3. The minimum atomic E-state index is -4.60. The third-order valence-electron chi connectivity index (χ3n) is 2.08. The second-order valence-corrected chi connectivity index (χ2v) is 3.64. The molecule has 1 atom stereocenters. The maximum atomic E-state index is 12.2. The first-order chi connectivity index (χ1) is 7.32. The molecular formula is C10H13F3N2O. The van der Waals surface area contributed by atoms with E-state index in [1.165, 1.54) is 12.3 Å². The number of halogens is 3. The summed E-state index contributed by atoms with van der Waals surface area (Å²) < 4.78 is 36.6. The highest BCUT2D eigenvalue weighted by molar-refractivity contribution is 5.45. The number of rotatable bonds is 3. The maximum Gasteiger partial charge on any atom is 0.414 e. The van der Waals surface area contributed by atoms with Crippen LogP contribution in [0.25, 0.3) is 0 Å². The molecule has 1 heterocycles. The zero-order valence-electron chi connectivity index (χ0n) is 8.99. The molecule has 0 amide bonds. The molecule has 0 bridgehead atoms. The number of nitrogens with zero attached hydrogens (tertiary/aromatic N) is 2. The van der Waals surface area contributed by atoms with Crippen molar-refractivity contribution >= 4 is 5.82 Å². The van der Waals surface area contributed by atoms with Crippen molar-refractivity contribution in [3.8, 4) is 0 Å². The standard InChI is InChI=1S/C10H13F3N2O/c1-15(2)9-7(4-3-5-14-9)6-8(16)10(11,12)13/h3-5,8,16H,6H2,1-2H3. The van der Waals surface area contributed by atoms with Gasteiger partial charge in [-0.05, 0) is 11.6 Å². The fraction of sp³-hybridized carbons (Fsp3) is 0.500. The van der Waals surface area contributed by atoms with Gasteiger partial charge in [0.05, 0.1) is 0 Å². The van der Waals surface area contributed by atoms with Crippen molar-refractivity contribution in [2.45, 2.75) is 18.7 Å². The first-order valence-corrected chi connectivity index (χ1v) is 4.68. The Bertz CT molecular complexity index is 352. The topological polar surface area (TPSA) is 36.4 Å². The van der Waals surface area contributed by atoms with Crippen LogP contribution in [0.3, 0.4) is 0 Å². The zero-order chi connectivity index (χ0) is 12.3. The molecule has 0 aromatic carbocycles. The Labute approximate surface area is 91.5 Å². The Kier molecular flexibility index (Phi) is 3.74. The van der Waals surface area contributed by atoms with E-state index in [0.717, 1.165) is 0 Å². The largest absolute Gasteiger partial charge is 0.414 e. The van der Waals surface area contributed by atoms with Crippen LogP contribution in [0.1, 0.15) is 5.56 Å². The van der Waals surface area contributed by atoms with Crippen LogP contribution >= 0.6 is 0 Å². The van der Waals surface area contributed by atoms with Gasteiger partial charge in [-0.3, -0.25) is 0 Å². The van der Waals surface area contributed by atoms with Crippen molar-refractivity contribution in [1.29, 1.82) is 0 Å². The molecule has 1 rings (SSSR count). The number of aliphatic hydroxyl groups is 1. The van der Waals surface area contributed by atoms with E-state index in [-0.39, 0.29) is 0 Å². The van der Waals surface area contributed by atoms with Crippen molar-refractivity contribution in [3.05, 3.63) is 23.9 Å². The summed E-state index contributed by atoms with van der Waals surface area (Å²) in [6, 6.07) is 3.07. The monoisotopic (exact) mass is 234 g/mol. The Morgan fingerprint density at radius 3 is 2.56 bits per heavy atom. The summed E-state index contributed by atoms with van der Waals surface area (Å²) in [5.41, 5.74) is 0.373. The van der Waals surface area contributed by atoms with Crippen LogP contribution < -0.4 is 4.90 Å². The summed E-state index contributed by atoms with van der Waals surface area (Å²) in [7, 11) is 3.37. The molecule has 0 spiro atoms. The summed E-state index contributed by atoms with van der Waals surface area (Å²) in [6.07, 6.45) is -5.93. The molecule has 0 aliphatic heterocycles. The molecule has 1 N–H and O–H groups in total. The Hall–Kier alpha value is -1.30. The molecule has 1 aromatic heterocycles. The van der Waals surface area contributed by atoms with Gasteiger partial charge in [-0.25, -0.2) is 4.98 Å². The number of hydrogen-bond donors (Lipinski definition) is 1. The fourth-order valence-electron chi connectivity index (χ4n) is 1.32. The van der Waals surface area contributed by atoms with Gasteiger partial charge in [-0.1, -0.05) is 6.07 Å². The summed E-state index contributed by atoms with van der Waals surface area (Å²) in [4.78, 5) is 5.57. The highest BCUT2D eigenvalue weighted by Crippen LogP contribution is 2.25. The van der Waals surface area contributed by atoms with Crippen LogP contribution in [-0.2, 0) is 6.42 Å². The quantitative estimate of drug-likeness (QED) is 0.863. The van der Waals surface area contributed by atoms with E-state index in [0.29, 0.717) is 11.4 Å². The zero-order valence-corrected chi connectivity index (χ0v) is 8.99. The molecule has 0 radical (unpaired) electrons. The number of anilines is 1. The Morgan fingerprint density at radius 2 is 2.06 bits per heavy atom. The van der Waals surface area contributed by atoms with E-state index in [9.17, 15) is 13.2 Å². The molecule has 1 aromatic rings. The second kappa shape index (κ2) is 4.69. The van der Waals surface area contributed by atoms with Gasteiger partial charge < -0.3 is 10.0 Å².